The van der Waals surface area contributed by atoms with Gasteiger partial charge >= 0.3 is 0 Å². The molecule has 7 heteroatoms. The van der Waals surface area contributed by atoms with Crippen molar-refractivity contribution in [2.45, 2.75) is 6.54 Å². The quantitative estimate of drug-likeness (QED) is 0.494. The fourth-order valence-electron chi connectivity index (χ4n) is 3.09. The van der Waals surface area contributed by atoms with Crippen LogP contribution in [0.4, 0.5) is 5.82 Å². The molecule has 5 rings (SSSR count). The summed E-state index contributed by atoms with van der Waals surface area (Å²) in [6, 6.07) is 22.1. The zero-order chi connectivity index (χ0) is 18.8. The van der Waals surface area contributed by atoms with Gasteiger partial charge in [0.15, 0.2) is 0 Å². The number of fused-ring (bicyclic) bond motifs is 1. The van der Waals surface area contributed by atoms with E-state index in [2.05, 4.69) is 42.5 Å². The second-order valence-electron chi connectivity index (χ2n) is 6.33. The Morgan fingerprint density at radius 2 is 1.64 bits per heavy atom. The van der Waals surface area contributed by atoms with Crippen LogP contribution in [-0.4, -0.2) is 29.5 Å². The lowest BCUT2D eigenvalue weighted by atomic mass is 10.1. The highest BCUT2D eigenvalue weighted by atomic mass is 15.4. The third-order valence-electron chi connectivity index (χ3n) is 4.47. The fourth-order valence-corrected chi connectivity index (χ4v) is 3.09. The molecular weight excluding hydrogens is 350 g/mol. The molecule has 2 aromatic carbocycles. The molecule has 0 unspecified atom stereocenters. The number of aromatic nitrogens is 6. The molecule has 0 atom stereocenters. The summed E-state index contributed by atoms with van der Waals surface area (Å²) in [4.78, 5) is 16.7. The Morgan fingerprint density at radius 1 is 0.893 bits per heavy atom. The molecule has 3 heterocycles. The fraction of sp³-hybridized carbons (Fsp3) is 0.0476. The van der Waals surface area contributed by atoms with E-state index in [4.69, 9.17) is 0 Å². The first-order valence-corrected chi connectivity index (χ1v) is 8.96. The SMILES string of the molecule is c1ccc(-c2cc(NCc3ncc(-c4ccccc4)[nH]3)n3ncnc3n2)cc1. The average Bonchev–Trinajstić information content (AvgIpc) is 3.43. The first-order valence-electron chi connectivity index (χ1n) is 8.96. The van der Waals surface area contributed by atoms with Gasteiger partial charge in [0.1, 0.15) is 18.0 Å². The maximum Gasteiger partial charge on any atom is 0.254 e. The molecule has 3 aromatic heterocycles. The summed E-state index contributed by atoms with van der Waals surface area (Å²) in [6.07, 6.45) is 3.35. The minimum absolute atomic E-state index is 0.528. The van der Waals surface area contributed by atoms with Gasteiger partial charge in [0.05, 0.1) is 24.1 Å². The van der Waals surface area contributed by atoms with E-state index in [-0.39, 0.29) is 0 Å². The molecule has 0 aliphatic rings. The van der Waals surface area contributed by atoms with E-state index in [1.54, 1.807) is 4.52 Å². The van der Waals surface area contributed by atoms with Crippen LogP contribution in [0.25, 0.3) is 28.3 Å². The molecule has 0 aliphatic heterocycles. The molecule has 0 spiro atoms. The topological polar surface area (TPSA) is 83.8 Å². The standard InChI is InChI=1S/C21H17N7/c1-3-7-15(8-4-1)17-11-20(28-21(27-17)24-14-25-28)23-13-19-22-12-18(26-19)16-9-5-2-6-10-16/h1-12,14,23H,13H2,(H,22,26). The van der Waals surface area contributed by atoms with Crippen molar-refractivity contribution in [3.05, 3.63) is 85.1 Å². The zero-order valence-electron chi connectivity index (χ0n) is 14.9. The van der Waals surface area contributed by atoms with Gasteiger partial charge in [-0.05, 0) is 5.56 Å². The molecule has 5 aromatic rings. The van der Waals surface area contributed by atoms with Crippen LogP contribution in [0.1, 0.15) is 5.82 Å². The number of imidazole rings is 1. The molecule has 28 heavy (non-hydrogen) atoms. The number of H-pyrrole nitrogens is 1. The Balaban J connectivity index is 1.42. The second-order valence-corrected chi connectivity index (χ2v) is 6.33. The number of anilines is 1. The highest BCUT2D eigenvalue weighted by molar-refractivity contribution is 5.65. The molecule has 0 saturated heterocycles. The van der Waals surface area contributed by atoms with E-state index < -0.39 is 0 Å². The number of hydrogen-bond acceptors (Lipinski definition) is 5. The van der Waals surface area contributed by atoms with Crippen molar-refractivity contribution in [2.24, 2.45) is 0 Å². The van der Waals surface area contributed by atoms with Crippen molar-refractivity contribution < 1.29 is 0 Å². The molecule has 0 bridgehead atoms. The molecule has 2 N–H and O–H groups in total. The highest BCUT2D eigenvalue weighted by Crippen LogP contribution is 2.22. The maximum absolute atomic E-state index is 4.59. The van der Waals surface area contributed by atoms with Gasteiger partial charge in [-0.25, -0.2) is 9.97 Å². The monoisotopic (exact) mass is 367 g/mol. The number of nitrogens with one attached hydrogen (secondary N) is 2. The third kappa shape index (κ3) is 3.09. The lowest BCUT2D eigenvalue weighted by molar-refractivity contribution is 0.909. The van der Waals surface area contributed by atoms with Crippen LogP contribution in [0.3, 0.4) is 0 Å². The normalized spacial score (nSPS) is 11.0. The largest absolute Gasteiger partial charge is 0.363 e. The Bertz CT molecular complexity index is 1210. The van der Waals surface area contributed by atoms with Crippen molar-refractivity contribution in [1.82, 2.24) is 29.5 Å². The molecular formula is C21H17N7. The lowest BCUT2D eigenvalue weighted by Crippen LogP contribution is -2.07. The summed E-state index contributed by atoms with van der Waals surface area (Å²) in [7, 11) is 0. The third-order valence-corrected chi connectivity index (χ3v) is 4.47. The van der Waals surface area contributed by atoms with Gasteiger partial charge in [0.2, 0.25) is 0 Å². The Labute approximate surface area is 161 Å². The molecule has 0 radical (unpaired) electrons. The minimum Gasteiger partial charge on any atom is -0.363 e. The summed E-state index contributed by atoms with van der Waals surface area (Å²) >= 11 is 0. The van der Waals surface area contributed by atoms with Crippen LogP contribution in [0.2, 0.25) is 0 Å². The van der Waals surface area contributed by atoms with Gasteiger partial charge in [-0.2, -0.15) is 14.6 Å². The van der Waals surface area contributed by atoms with Gasteiger partial charge in [-0.1, -0.05) is 60.7 Å². The predicted molar refractivity (Wildman–Crippen MR) is 108 cm³/mol. The number of hydrogen-bond donors (Lipinski definition) is 2. The molecule has 0 amide bonds. The van der Waals surface area contributed by atoms with E-state index in [9.17, 15) is 0 Å². The molecule has 136 valence electrons. The van der Waals surface area contributed by atoms with Crippen LogP contribution < -0.4 is 5.32 Å². The van der Waals surface area contributed by atoms with Crippen molar-refractivity contribution >= 4 is 11.6 Å². The van der Waals surface area contributed by atoms with Crippen LogP contribution in [0.15, 0.2) is 79.3 Å². The number of benzene rings is 2. The summed E-state index contributed by atoms with van der Waals surface area (Å²) < 4.78 is 1.69. The summed E-state index contributed by atoms with van der Waals surface area (Å²) in [5.74, 6) is 2.19. The Kier molecular flexibility index (Phi) is 4.02. The summed E-state index contributed by atoms with van der Waals surface area (Å²) in [5.41, 5.74) is 3.96. The van der Waals surface area contributed by atoms with Crippen molar-refractivity contribution in [3.8, 4) is 22.5 Å². The number of nitrogens with zero attached hydrogens (tertiary/aromatic N) is 5. The Morgan fingerprint density at radius 3 is 2.43 bits per heavy atom. The first kappa shape index (κ1) is 16.2. The van der Waals surface area contributed by atoms with Crippen LogP contribution in [0, 0.1) is 0 Å². The average molecular weight is 367 g/mol. The zero-order valence-corrected chi connectivity index (χ0v) is 14.9. The molecule has 0 fully saturated rings. The van der Waals surface area contributed by atoms with Crippen molar-refractivity contribution in [3.63, 3.8) is 0 Å². The first-order chi connectivity index (χ1) is 13.9. The smallest absolute Gasteiger partial charge is 0.254 e. The van der Waals surface area contributed by atoms with Gasteiger partial charge in [-0.15, -0.1) is 0 Å². The lowest BCUT2D eigenvalue weighted by Gasteiger charge is -2.09. The van der Waals surface area contributed by atoms with Crippen LogP contribution in [0.5, 0.6) is 0 Å². The van der Waals surface area contributed by atoms with Gasteiger partial charge in [-0.3, -0.25) is 0 Å². The van der Waals surface area contributed by atoms with E-state index in [0.717, 1.165) is 34.2 Å². The van der Waals surface area contributed by atoms with Crippen LogP contribution >= 0.6 is 0 Å². The molecule has 7 nitrogen and oxygen atoms in total. The predicted octanol–water partition coefficient (Wildman–Crippen LogP) is 3.79. The van der Waals surface area contributed by atoms with E-state index in [1.807, 2.05) is 60.8 Å². The minimum atomic E-state index is 0.528. The van der Waals surface area contributed by atoms with E-state index in [1.165, 1.54) is 6.33 Å². The molecule has 0 aliphatic carbocycles. The van der Waals surface area contributed by atoms with Gasteiger partial charge in [0.25, 0.3) is 5.78 Å². The highest BCUT2D eigenvalue weighted by Gasteiger charge is 2.10. The van der Waals surface area contributed by atoms with E-state index >= 15 is 0 Å². The number of rotatable bonds is 5. The second kappa shape index (κ2) is 6.96. The summed E-state index contributed by atoms with van der Waals surface area (Å²) in [6.45, 7) is 0.528. The van der Waals surface area contributed by atoms with Gasteiger partial charge < -0.3 is 10.3 Å². The summed E-state index contributed by atoms with van der Waals surface area (Å²) in [5, 5.41) is 7.66. The van der Waals surface area contributed by atoms with E-state index in [0.29, 0.717) is 12.3 Å². The maximum atomic E-state index is 4.59. The molecule has 0 saturated carbocycles. The van der Waals surface area contributed by atoms with Crippen LogP contribution in [-0.2, 0) is 6.54 Å². The van der Waals surface area contributed by atoms with Crippen molar-refractivity contribution in [2.75, 3.05) is 5.32 Å². The number of aromatic amines is 1. The van der Waals surface area contributed by atoms with Crippen molar-refractivity contribution in [1.29, 1.82) is 0 Å². The van der Waals surface area contributed by atoms with Gasteiger partial charge in [0, 0.05) is 11.6 Å². The Hall–Kier alpha value is -4.00.